The van der Waals surface area contributed by atoms with Crippen molar-refractivity contribution in [2.45, 2.75) is 6.92 Å². The molecule has 0 spiro atoms. The molecule has 1 N–H and O–H groups in total. The Bertz CT molecular complexity index is 1440. The molecule has 0 amide bonds. The SMILES string of the molecule is CCOC(=O)c1cnc2c(c1)[nH]c(=O)c1c2nn2cc(-c3cn(C)cn3)sc12. The fourth-order valence-corrected chi connectivity index (χ4v) is 4.18. The van der Waals surface area contributed by atoms with Crippen molar-refractivity contribution < 1.29 is 9.53 Å². The fourth-order valence-electron chi connectivity index (χ4n) is 3.13. The number of ether oxygens (including phenoxy) is 1. The van der Waals surface area contributed by atoms with Crippen molar-refractivity contribution in [3.05, 3.63) is 46.9 Å². The number of carbonyl (C=O) groups excluding carboxylic acids is 1. The molecule has 0 aliphatic carbocycles. The Hall–Kier alpha value is -3.53. The molecule has 9 nitrogen and oxygen atoms in total. The number of rotatable bonds is 3. The molecule has 0 aromatic carbocycles. The summed E-state index contributed by atoms with van der Waals surface area (Å²) in [6, 6.07) is 1.56. The average molecular weight is 394 g/mol. The lowest BCUT2D eigenvalue weighted by Gasteiger charge is -2.03. The van der Waals surface area contributed by atoms with Crippen LogP contribution >= 0.6 is 11.3 Å². The van der Waals surface area contributed by atoms with Gasteiger partial charge in [0.25, 0.3) is 5.56 Å². The number of hydrogen-bond donors (Lipinski definition) is 1. The Balaban J connectivity index is 1.72. The van der Waals surface area contributed by atoms with Gasteiger partial charge in [0.15, 0.2) is 0 Å². The van der Waals surface area contributed by atoms with E-state index in [-0.39, 0.29) is 17.7 Å². The van der Waals surface area contributed by atoms with Gasteiger partial charge in [0.2, 0.25) is 0 Å². The quantitative estimate of drug-likeness (QED) is 0.471. The number of esters is 1. The van der Waals surface area contributed by atoms with Gasteiger partial charge < -0.3 is 14.3 Å². The third-order valence-corrected chi connectivity index (χ3v) is 5.49. The highest BCUT2D eigenvalue weighted by Crippen LogP contribution is 2.32. The van der Waals surface area contributed by atoms with Crippen LogP contribution in [0.2, 0.25) is 0 Å². The maximum absolute atomic E-state index is 12.8. The molecule has 0 fully saturated rings. The number of imidazole rings is 1. The number of aromatic nitrogens is 6. The van der Waals surface area contributed by atoms with Crippen LogP contribution in [0.25, 0.3) is 37.3 Å². The van der Waals surface area contributed by atoms with Crippen molar-refractivity contribution in [1.82, 2.24) is 29.1 Å². The molecule has 0 bridgehead atoms. The van der Waals surface area contributed by atoms with E-state index in [1.807, 2.05) is 24.0 Å². The first-order valence-electron chi connectivity index (χ1n) is 8.54. The van der Waals surface area contributed by atoms with Gasteiger partial charge in [-0.1, -0.05) is 0 Å². The highest BCUT2D eigenvalue weighted by atomic mass is 32.1. The van der Waals surface area contributed by atoms with Gasteiger partial charge in [0.1, 0.15) is 21.3 Å². The second-order valence-electron chi connectivity index (χ2n) is 6.29. The van der Waals surface area contributed by atoms with Crippen LogP contribution in [0.4, 0.5) is 0 Å². The van der Waals surface area contributed by atoms with Crippen LogP contribution in [0.15, 0.2) is 35.8 Å². The van der Waals surface area contributed by atoms with Crippen molar-refractivity contribution in [1.29, 1.82) is 0 Å². The molecule has 0 saturated heterocycles. The molecule has 5 heterocycles. The molecule has 0 radical (unpaired) electrons. The van der Waals surface area contributed by atoms with E-state index in [1.165, 1.54) is 17.5 Å². The van der Waals surface area contributed by atoms with E-state index < -0.39 is 5.97 Å². The molecule has 0 atom stereocenters. The van der Waals surface area contributed by atoms with Crippen LogP contribution in [-0.2, 0) is 11.8 Å². The second kappa shape index (κ2) is 5.99. The Morgan fingerprint density at radius 3 is 2.89 bits per heavy atom. The topological polar surface area (TPSA) is 107 Å². The van der Waals surface area contributed by atoms with E-state index in [9.17, 15) is 9.59 Å². The van der Waals surface area contributed by atoms with Crippen LogP contribution in [-0.4, -0.2) is 41.7 Å². The predicted octanol–water partition coefficient (Wildman–Crippen LogP) is 2.36. The third kappa shape index (κ3) is 2.42. The van der Waals surface area contributed by atoms with E-state index >= 15 is 0 Å². The standard InChI is InChI=1S/C18H14N6O3S/c1-3-27-18(26)9-4-10-14(19-5-9)15-13(16(25)21-10)17-24(22-15)7-12(28-17)11-6-23(2)8-20-11/h4-8H,3H2,1-2H3,(H,21,25). The average Bonchev–Trinajstić information content (AvgIpc) is 3.35. The molecule has 5 aromatic rings. The summed E-state index contributed by atoms with van der Waals surface area (Å²) >= 11 is 1.44. The molecule has 140 valence electrons. The molecular formula is C18H14N6O3S. The van der Waals surface area contributed by atoms with E-state index in [4.69, 9.17) is 4.74 Å². The largest absolute Gasteiger partial charge is 0.462 e. The Kier molecular flexibility index (Phi) is 3.56. The van der Waals surface area contributed by atoms with Gasteiger partial charge in [-0.3, -0.25) is 9.78 Å². The summed E-state index contributed by atoms with van der Waals surface area (Å²) in [5.41, 5.74) is 2.28. The highest BCUT2D eigenvalue weighted by molar-refractivity contribution is 7.21. The number of aromatic amines is 1. The molecule has 0 saturated carbocycles. The Labute approximate surface area is 161 Å². The summed E-state index contributed by atoms with van der Waals surface area (Å²) < 4.78 is 8.53. The Morgan fingerprint density at radius 1 is 1.29 bits per heavy atom. The minimum absolute atomic E-state index is 0.266. The summed E-state index contributed by atoms with van der Waals surface area (Å²) in [4.78, 5) is 37.8. The van der Waals surface area contributed by atoms with E-state index in [0.717, 1.165) is 15.4 Å². The van der Waals surface area contributed by atoms with E-state index in [2.05, 4.69) is 20.1 Å². The van der Waals surface area contributed by atoms with E-state index in [0.29, 0.717) is 21.9 Å². The lowest BCUT2D eigenvalue weighted by Crippen LogP contribution is -2.09. The summed E-state index contributed by atoms with van der Waals surface area (Å²) in [6.45, 7) is 2.00. The number of nitrogens with zero attached hydrogens (tertiary/aromatic N) is 5. The number of pyridine rings is 2. The third-order valence-electron chi connectivity index (χ3n) is 4.37. The van der Waals surface area contributed by atoms with Gasteiger partial charge in [0, 0.05) is 25.6 Å². The maximum Gasteiger partial charge on any atom is 0.339 e. The van der Waals surface area contributed by atoms with Gasteiger partial charge in [-0.2, -0.15) is 5.10 Å². The number of carbonyl (C=O) groups is 1. The number of aryl methyl sites for hydroxylation is 1. The van der Waals surface area contributed by atoms with Gasteiger partial charge in [-0.25, -0.2) is 14.3 Å². The first-order valence-corrected chi connectivity index (χ1v) is 9.36. The van der Waals surface area contributed by atoms with Gasteiger partial charge >= 0.3 is 5.97 Å². The van der Waals surface area contributed by atoms with Crippen molar-refractivity contribution in [3.63, 3.8) is 0 Å². The first kappa shape index (κ1) is 16.6. The van der Waals surface area contributed by atoms with Crippen LogP contribution < -0.4 is 5.56 Å². The number of thiazole rings is 1. The summed E-state index contributed by atoms with van der Waals surface area (Å²) in [7, 11) is 1.90. The molecule has 5 rings (SSSR count). The molecule has 10 heteroatoms. The minimum atomic E-state index is -0.483. The highest BCUT2D eigenvalue weighted by Gasteiger charge is 2.19. The normalized spacial score (nSPS) is 11.6. The van der Waals surface area contributed by atoms with Gasteiger partial charge in [-0.05, 0) is 13.0 Å². The van der Waals surface area contributed by atoms with Crippen molar-refractivity contribution in [3.8, 4) is 10.6 Å². The fraction of sp³-hybridized carbons (Fsp3) is 0.167. The maximum atomic E-state index is 12.8. The molecular weight excluding hydrogens is 380 g/mol. The zero-order chi connectivity index (χ0) is 19.4. The first-order chi connectivity index (χ1) is 13.5. The predicted molar refractivity (Wildman–Crippen MR) is 105 cm³/mol. The molecule has 0 aliphatic rings. The lowest BCUT2D eigenvalue weighted by molar-refractivity contribution is 0.0526. The van der Waals surface area contributed by atoms with Crippen LogP contribution in [0.3, 0.4) is 0 Å². The summed E-state index contributed by atoms with van der Waals surface area (Å²) in [5, 5.41) is 5.03. The number of fused-ring (bicyclic) bond motifs is 5. The monoisotopic (exact) mass is 394 g/mol. The van der Waals surface area contributed by atoms with Crippen molar-refractivity contribution in [2.24, 2.45) is 7.05 Å². The van der Waals surface area contributed by atoms with Crippen molar-refractivity contribution in [2.75, 3.05) is 6.61 Å². The number of nitrogens with one attached hydrogen (secondary N) is 1. The molecule has 0 aliphatic heterocycles. The van der Waals surface area contributed by atoms with Gasteiger partial charge in [0.05, 0.1) is 34.6 Å². The lowest BCUT2D eigenvalue weighted by atomic mass is 10.2. The van der Waals surface area contributed by atoms with Crippen LogP contribution in [0, 0.1) is 0 Å². The summed E-state index contributed by atoms with van der Waals surface area (Å²) in [5.74, 6) is -0.483. The zero-order valence-electron chi connectivity index (χ0n) is 15.0. The zero-order valence-corrected chi connectivity index (χ0v) is 15.8. The smallest absolute Gasteiger partial charge is 0.339 e. The van der Waals surface area contributed by atoms with Crippen LogP contribution in [0.5, 0.6) is 0 Å². The summed E-state index contributed by atoms with van der Waals surface area (Å²) in [6.07, 6.45) is 6.91. The second-order valence-corrected chi connectivity index (χ2v) is 7.32. The molecule has 0 unspecified atom stereocenters. The Morgan fingerprint density at radius 2 is 2.14 bits per heavy atom. The van der Waals surface area contributed by atoms with Gasteiger partial charge in [-0.15, -0.1) is 11.3 Å². The number of H-pyrrole nitrogens is 1. The van der Waals surface area contributed by atoms with Crippen LogP contribution in [0.1, 0.15) is 17.3 Å². The minimum Gasteiger partial charge on any atom is -0.462 e. The molecule has 28 heavy (non-hydrogen) atoms. The molecule has 5 aromatic heterocycles. The van der Waals surface area contributed by atoms with E-state index in [1.54, 1.807) is 23.8 Å². The number of hydrogen-bond acceptors (Lipinski definition) is 7. The van der Waals surface area contributed by atoms with Crippen molar-refractivity contribution >= 4 is 44.1 Å².